The van der Waals surface area contributed by atoms with Gasteiger partial charge in [-0.3, -0.25) is 9.36 Å². The lowest BCUT2D eigenvalue weighted by Crippen LogP contribution is -2.46. The van der Waals surface area contributed by atoms with Crippen molar-refractivity contribution in [2.24, 2.45) is 5.92 Å². The average Bonchev–Trinajstić information content (AvgIpc) is 3.08. The van der Waals surface area contributed by atoms with E-state index in [0.29, 0.717) is 37.6 Å². The van der Waals surface area contributed by atoms with E-state index >= 15 is 0 Å². The van der Waals surface area contributed by atoms with E-state index in [4.69, 9.17) is 13.9 Å². The number of hydrogen-bond acceptors (Lipinski definition) is 7. The highest BCUT2D eigenvalue weighted by atomic mass is 16.5. The summed E-state index contributed by atoms with van der Waals surface area (Å²) in [7, 11) is 0. The Kier molecular flexibility index (Phi) is 7.99. The van der Waals surface area contributed by atoms with Crippen molar-refractivity contribution in [2.75, 3.05) is 32.9 Å². The van der Waals surface area contributed by atoms with Gasteiger partial charge in [0.05, 0.1) is 11.6 Å². The van der Waals surface area contributed by atoms with Crippen molar-refractivity contribution in [3.05, 3.63) is 58.6 Å². The molecule has 3 heterocycles. The summed E-state index contributed by atoms with van der Waals surface area (Å²) in [6.07, 6.45) is 2.56. The molecule has 9 heteroatoms. The Balaban J connectivity index is 1.27. The summed E-state index contributed by atoms with van der Waals surface area (Å²) in [4.78, 5) is 25.1. The van der Waals surface area contributed by atoms with Gasteiger partial charge in [-0.05, 0) is 60.5 Å². The molecule has 2 aromatic carbocycles. The molecule has 194 valence electrons. The van der Waals surface area contributed by atoms with Crippen molar-refractivity contribution in [3.8, 4) is 17.2 Å². The number of carbonyl (C=O) groups is 1. The molecule has 2 aliphatic heterocycles. The van der Waals surface area contributed by atoms with Gasteiger partial charge in [-0.1, -0.05) is 30.3 Å². The van der Waals surface area contributed by atoms with Crippen LogP contribution in [0.1, 0.15) is 24.8 Å². The predicted molar refractivity (Wildman–Crippen MR) is 138 cm³/mol. The summed E-state index contributed by atoms with van der Waals surface area (Å²) >= 11 is 0. The molecule has 2 aliphatic rings. The highest BCUT2D eigenvalue weighted by Gasteiger charge is 2.23. The number of ether oxygens (including phenoxy) is 2. The second-order valence-electron chi connectivity index (χ2n) is 9.73. The molecule has 1 amide bonds. The van der Waals surface area contributed by atoms with Gasteiger partial charge in [-0.15, -0.1) is 0 Å². The minimum Gasteiger partial charge on any atom is -0.408 e. The lowest BCUT2D eigenvalue weighted by molar-refractivity contribution is -0.132. The third-order valence-corrected chi connectivity index (χ3v) is 7.09. The van der Waals surface area contributed by atoms with Crippen LogP contribution in [0.4, 0.5) is 0 Å². The molecule has 3 aromatic rings. The highest BCUT2D eigenvalue weighted by molar-refractivity contribution is 5.82. The lowest BCUT2D eigenvalue weighted by atomic mass is 9.99. The van der Waals surface area contributed by atoms with Gasteiger partial charge in [0.1, 0.15) is 12.1 Å². The largest absolute Gasteiger partial charge is 0.419 e. The first-order chi connectivity index (χ1) is 18.1. The van der Waals surface area contributed by atoms with Gasteiger partial charge in [0.2, 0.25) is 0 Å². The van der Waals surface area contributed by atoms with Crippen molar-refractivity contribution in [1.82, 2.24) is 15.2 Å². The molecule has 0 aliphatic carbocycles. The van der Waals surface area contributed by atoms with Gasteiger partial charge in [0.15, 0.2) is 5.58 Å². The minimum atomic E-state index is -0.646. The fourth-order valence-corrected chi connectivity index (χ4v) is 4.95. The zero-order valence-electron chi connectivity index (χ0n) is 20.8. The van der Waals surface area contributed by atoms with Gasteiger partial charge in [-0.25, -0.2) is 4.79 Å². The molecule has 2 N–H and O–H groups in total. The number of oxazole rings is 1. The number of benzene rings is 2. The van der Waals surface area contributed by atoms with Crippen molar-refractivity contribution < 1.29 is 18.7 Å². The van der Waals surface area contributed by atoms with Crippen molar-refractivity contribution in [2.45, 2.75) is 44.4 Å². The van der Waals surface area contributed by atoms with E-state index in [2.05, 4.69) is 16.7 Å². The van der Waals surface area contributed by atoms with Crippen molar-refractivity contribution in [3.63, 3.8) is 0 Å². The Morgan fingerprint density at radius 3 is 2.70 bits per heavy atom. The minimum absolute atomic E-state index is 0.266. The maximum absolute atomic E-state index is 12.5. The highest BCUT2D eigenvalue weighted by Crippen LogP contribution is 2.26. The van der Waals surface area contributed by atoms with E-state index in [-0.39, 0.29) is 11.7 Å². The number of nitrogens with zero attached hydrogens (tertiary/aromatic N) is 2. The summed E-state index contributed by atoms with van der Waals surface area (Å²) in [6, 6.07) is 15.2. The summed E-state index contributed by atoms with van der Waals surface area (Å²) in [5.74, 6) is -0.199. The van der Waals surface area contributed by atoms with Crippen LogP contribution in [0.15, 0.2) is 51.7 Å². The Hall–Kier alpha value is -3.45. The van der Waals surface area contributed by atoms with Crippen LogP contribution in [-0.4, -0.2) is 55.5 Å². The molecular formula is C28H32N4O5. The Morgan fingerprint density at radius 2 is 1.92 bits per heavy atom. The van der Waals surface area contributed by atoms with Crippen LogP contribution in [0, 0.1) is 17.2 Å². The third-order valence-electron chi connectivity index (χ3n) is 7.09. The summed E-state index contributed by atoms with van der Waals surface area (Å²) in [5, 5.41) is 15.6. The molecule has 5 rings (SSSR count). The number of carbonyl (C=O) groups excluding carboxylic acids is 1. The summed E-state index contributed by atoms with van der Waals surface area (Å²) < 4.78 is 18.3. The molecule has 2 atom stereocenters. The number of nitrogens with one attached hydrogen (secondary N) is 2. The smallest absolute Gasteiger partial charge is 0.408 e. The molecule has 37 heavy (non-hydrogen) atoms. The first-order valence-electron chi connectivity index (χ1n) is 12.9. The van der Waals surface area contributed by atoms with E-state index in [1.165, 1.54) is 0 Å². The van der Waals surface area contributed by atoms with Gasteiger partial charge in [0, 0.05) is 39.3 Å². The first-order valence-corrected chi connectivity index (χ1v) is 12.9. The third kappa shape index (κ3) is 6.10. The lowest BCUT2D eigenvalue weighted by Gasteiger charge is -2.21. The monoisotopic (exact) mass is 504 g/mol. The van der Waals surface area contributed by atoms with Crippen LogP contribution in [0.5, 0.6) is 0 Å². The summed E-state index contributed by atoms with van der Waals surface area (Å²) in [5.41, 5.74) is 4.28. The molecular weight excluding hydrogens is 472 g/mol. The normalized spacial score (nSPS) is 19.7. The molecule has 1 unspecified atom stereocenters. The van der Waals surface area contributed by atoms with E-state index in [1.54, 1.807) is 4.57 Å². The number of fused-ring (bicyclic) bond motifs is 1. The number of nitriles is 1. The van der Waals surface area contributed by atoms with Gasteiger partial charge in [-0.2, -0.15) is 5.26 Å². The number of hydrogen-bond donors (Lipinski definition) is 2. The van der Waals surface area contributed by atoms with Gasteiger partial charge >= 0.3 is 5.76 Å². The number of rotatable bonds is 7. The van der Waals surface area contributed by atoms with E-state index < -0.39 is 12.1 Å². The Labute approximate surface area is 215 Å². The second-order valence-corrected chi connectivity index (χ2v) is 9.73. The molecule has 0 spiro atoms. The Bertz CT molecular complexity index is 1310. The average molecular weight is 505 g/mol. The van der Waals surface area contributed by atoms with Crippen molar-refractivity contribution >= 4 is 17.0 Å². The maximum Gasteiger partial charge on any atom is 0.419 e. The van der Waals surface area contributed by atoms with Crippen LogP contribution in [0.3, 0.4) is 0 Å². The fraction of sp³-hybridized carbons (Fsp3) is 0.464. The molecule has 0 bridgehead atoms. The number of amides is 1. The molecule has 9 nitrogen and oxygen atoms in total. The van der Waals surface area contributed by atoms with E-state index in [1.807, 2.05) is 42.5 Å². The quantitative estimate of drug-likeness (QED) is 0.508. The fourth-order valence-electron chi connectivity index (χ4n) is 4.95. The molecule has 0 saturated carbocycles. The van der Waals surface area contributed by atoms with Crippen molar-refractivity contribution in [1.29, 1.82) is 5.26 Å². The zero-order valence-corrected chi connectivity index (χ0v) is 20.8. The molecule has 0 radical (unpaired) electrons. The standard InChI is InChI=1S/C28H32N4O5/c29-16-23(31-27(33)26-17-30-10-1-11-36-26)14-19-2-4-21(5-3-19)22-6-7-25-24(15-22)32(28(34)37-25)18-20-8-12-35-13-9-20/h2-7,15,20,23,26,30H,1,8-14,17-18H2,(H,31,33)/t23?,26-/m0/s1. The van der Waals surface area contributed by atoms with Crippen LogP contribution >= 0.6 is 0 Å². The van der Waals surface area contributed by atoms with Crippen LogP contribution < -0.4 is 16.4 Å². The van der Waals surface area contributed by atoms with Crippen LogP contribution in [0.25, 0.3) is 22.2 Å². The molecule has 1 aromatic heterocycles. The Morgan fingerprint density at radius 1 is 1.14 bits per heavy atom. The zero-order chi connectivity index (χ0) is 25.6. The predicted octanol–water partition coefficient (Wildman–Crippen LogP) is 2.62. The molecule has 2 saturated heterocycles. The second kappa shape index (κ2) is 11.7. The number of aromatic nitrogens is 1. The van der Waals surface area contributed by atoms with Gasteiger partial charge < -0.3 is 24.5 Å². The van der Waals surface area contributed by atoms with E-state index in [9.17, 15) is 14.9 Å². The molecule has 2 fully saturated rings. The van der Waals surface area contributed by atoms with Gasteiger partial charge in [0.25, 0.3) is 5.91 Å². The van der Waals surface area contributed by atoms with Crippen LogP contribution in [-0.2, 0) is 27.2 Å². The maximum atomic E-state index is 12.5. The topological polar surface area (TPSA) is 119 Å². The summed E-state index contributed by atoms with van der Waals surface area (Å²) in [6.45, 7) is 3.88. The SMILES string of the molecule is N#CC(Cc1ccc(-c2ccc3oc(=O)n(CC4CCOCC4)c3c2)cc1)NC(=O)[C@@H]1CNCCCO1. The van der Waals surface area contributed by atoms with E-state index in [0.717, 1.165) is 61.2 Å². The van der Waals surface area contributed by atoms with Crippen LogP contribution in [0.2, 0.25) is 0 Å². The first kappa shape index (κ1) is 25.2.